The van der Waals surface area contributed by atoms with E-state index in [0.717, 1.165) is 44.4 Å². The highest BCUT2D eigenvalue weighted by molar-refractivity contribution is 5.49. The van der Waals surface area contributed by atoms with E-state index >= 15 is 0 Å². The largest absolute Gasteiger partial charge is 0.380 e. The molecule has 0 radical (unpaired) electrons. The van der Waals surface area contributed by atoms with Crippen molar-refractivity contribution in [3.8, 4) is 0 Å². The molecule has 1 N–H and O–H groups in total. The van der Waals surface area contributed by atoms with Gasteiger partial charge in [-0.25, -0.2) is 4.98 Å². The zero-order chi connectivity index (χ0) is 14.7. The average molecular weight is 290 g/mol. The number of hydrogen-bond donors (Lipinski definition) is 1. The first kappa shape index (κ1) is 14.6. The monoisotopic (exact) mass is 290 g/mol. The first-order chi connectivity index (χ1) is 10.2. The Morgan fingerprint density at radius 3 is 2.67 bits per heavy atom. The molecule has 0 bridgehead atoms. The molecule has 5 heteroatoms. The van der Waals surface area contributed by atoms with Gasteiger partial charge in [0.1, 0.15) is 5.82 Å². The number of nitrogens with one attached hydrogen (secondary N) is 1. The molecule has 0 aliphatic carbocycles. The summed E-state index contributed by atoms with van der Waals surface area (Å²) < 4.78 is 5.38. The van der Waals surface area contributed by atoms with Gasteiger partial charge in [0.25, 0.3) is 0 Å². The molecule has 2 saturated heterocycles. The van der Waals surface area contributed by atoms with Crippen LogP contribution in [0.15, 0.2) is 18.3 Å². The van der Waals surface area contributed by atoms with Crippen LogP contribution in [0.4, 0.5) is 11.5 Å². The Bertz CT molecular complexity index is 442. The van der Waals surface area contributed by atoms with E-state index < -0.39 is 0 Å². The maximum atomic E-state index is 5.38. The van der Waals surface area contributed by atoms with Crippen molar-refractivity contribution < 1.29 is 4.74 Å². The van der Waals surface area contributed by atoms with Crippen LogP contribution in [0.25, 0.3) is 0 Å². The summed E-state index contributed by atoms with van der Waals surface area (Å²) in [6.45, 7) is 10.3. The van der Waals surface area contributed by atoms with Crippen LogP contribution in [0.3, 0.4) is 0 Å². The number of hydrogen-bond acceptors (Lipinski definition) is 5. The summed E-state index contributed by atoms with van der Waals surface area (Å²) >= 11 is 0. The van der Waals surface area contributed by atoms with Gasteiger partial charge in [-0.2, -0.15) is 0 Å². The average Bonchev–Trinajstić information content (AvgIpc) is 2.98. The van der Waals surface area contributed by atoms with E-state index in [4.69, 9.17) is 4.74 Å². The number of likely N-dealkylation sites (tertiary alicyclic amines) is 1. The van der Waals surface area contributed by atoms with E-state index in [2.05, 4.69) is 46.1 Å². The molecule has 0 spiro atoms. The second-order valence-corrected chi connectivity index (χ2v) is 6.22. The van der Waals surface area contributed by atoms with E-state index in [9.17, 15) is 0 Å². The van der Waals surface area contributed by atoms with Gasteiger partial charge in [-0.15, -0.1) is 0 Å². The molecule has 0 saturated carbocycles. The molecule has 1 aromatic rings. The molecule has 21 heavy (non-hydrogen) atoms. The van der Waals surface area contributed by atoms with Crippen molar-refractivity contribution in [2.24, 2.45) is 0 Å². The molecular formula is C16H26N4O. The Balaban J connectivity index is 1.55. The number of nitrogens with zero attached hydrogens (tertiary/aromatic N) is 3. The van der Waals surface area contributed by atoms with Gasteiger partial charge >= 0.3 is 0 Å². The lowest BCUT2D eigenvalue weighted by atomic mass is 10.2. The predicted octanol–water partition coefficient (Wildman–Crippen LogP) is 1.81. The topological polar surface area (TPSA) is 40.6 Å². The van der Waals surface area contributed by atoms with Gasteiger partial charge in [0, 0.05) is 38.3 Å². The van der Waals surface area contributed by atoms with Crippen molar-refractivity contribution in [2.45, 2.75) is 32.4 Å². The third-order valence-corrected chi connectivity index (χ3v) is 4.40. The summed E-state index contributed by atoms with van der Waals surface area (Å²) in [4.78, 5) is 9.39. The molecule has 2 aliphatic rings. The maximum Gasteiger partial charge on any atom is 0.128 e. The first-order valence-electron chi connectivity index (χ1n) is 8.02. The van der Waals surface area contributed by atoms with Crippen molar-refractivity contribution >= 4 is 11.5 Å². The number of aromatic nitrogens is 1. The standard InChI is InChI=1S/C16H26N4O/c1-13(2)20-6-5-15(12-20)18-14-3-4-16(17-11-14)19-7-9-21-10-8-19/h3-4,11,13,15,18H,5-10,12H2,1-2H3. The fourth-order valence-electron chi connectivity index (χ4n) is 3.06. The summed E-state index contributed by atoms with van der Waals surface area (Å²) in [5.74, 6) is 1.05. The van der Waals surface area contributed by atoms with Crippen LogP contribution in [-0.4, -0.2) is 61.4 Å². The molecule has 1 aromatic heterocycles. The quantitative estimate of drug-likeness (QED) is 0.916. The number of morpholine rings is 1. The van der Waals surface area contributed by atoms with E-state index in [1.54, 1.807) is 0 Å². The second-order valence-electron chi connectivity index (χ2n) is 6.22. The Hall–Kier alpha value is -1.33. The van der Waals surface area contributed by atoms with Crippen molar-refractivity contribution in [3.05, 3.63) is 18.3 Å². The highest BCUT2D eigenvalue weighted by Gasteiger charge is 2.24. The molecule has 5 nitrogen and oxygen atoms in total. The minimum absolute atomic E-state index is 0.545. The smallest absolute Gasteiger partial charge is 0.128 e. The van der Waals surface area contributed by atoms with Crippen LogP contribution in [-0.2, 0) is 4.74 Å². The van der Waals surface area contributed by atoms with Crippen LogP contribution >= 0.6 is 0 Å². The fraction of sp³-hybridized carbons (Fsp3) is 0.688. The van der Waals surface area contributed by atoms with Gasteiger partial charge in [0.2, 0.25) is 0 Å². The van der Waals surface area contributed by atoms with Crippen molar-refractivity contribution in [3.63, 3.8) is 0 Å². The van der Waals surface area contributed by atoms with Crippen molar-refractivity contribution in [2.75, 3.05) is 49.6 Å². The first-order valence-corrected chi connectivity index (χ1v) is 8.02. The van der Waals surface area contributed by atoms with Crippen LogP contribution in [0.2, 0.25) is 0 Å². The van der Waals surface area contributed by atoms with Gasteiger partial charge in [-0.05, 0) is 32.4 Å². The molecule has 0 amide bonds. The third-order valence-electron chi connectivity index (χ3n) is 4.40. The minimum atomic E-state index is 0.545. The third kappa shape index (κ3) is 3.66. The van der Waals surface area contributed by atoms with Crippen LogP contribution in [0.5, 0.6) is 0 Å². The van der Waals surface area contributed by atoms with Gasteiger partial charge in [0.15, 0.2) is 0 Å². The highest BCUT2D eigenvalue weighted by Crippen LogP contribution is 2.19. The van der Waals surface area contributed by atoms with Crippen LogP contribution in [0.1, 0.15) is 20.3 Å². The van der Waals surface area contributed by atoms with Gasteiger partial charge in [0.05, 0.1) is 25.1 Å². The van der Waals surface area contributed by atoms with Gasteiger partial charge < -0.3 is 15.0 Å². The summed E-state index contributed by atoms with van der Waals surface area (Å²) in [6.07, 6.45) is 3.17. The van der Waals surface area contributed by atoms with Crippen LogP contribution < -0.4 is 10.2 Å². The number of pyridine rings is 1. The second kappa shape index (κ2) is 6.62. The molecule has 2 aliphatic heterocycles. The van der Waals surface area contributed by atoms with E-state index in [0.29, 0.717) is 12.1 Å². The summed E-state index contributed by atoms with van der Waals surface area (Å²) in [7, 11) is 0. The summed E-state index contributed by atoms with van der Waals surface area (Å²) in [5.41, 5.74) is 1.13. The zero-order valence-corrected chi connectivity index (χ0v) is 13.1. The lowest BCUT2D eigenvalue weighted by molar-refractivity contribution is 0.122. The molecule has 0 aromatic carbocycles. The molecule has 1 unspecified atom stereocenters. The Labute approximate surface area is 127 Å². The Morgan fingerprint density at radius 1 is 1.24 bits per heavy atom. The maximum absolute atomic E-state index is 5.38. The molecule has 1 atom stereocenters. The lowest BCUT2D eigenvalue weighted by Crippen LogP contribution is -2.36. The van der Waals surface area contributed by atoms with Gasteiger partial charge in [-0.3, -0.25) is 4.90 Å². The lowest BCUT2D eigenvalue weighted by Gasteiger charge is -2.28. The zero-order valence-electron chi connectivity index (χ0n) is 13.1. The Kier molecular flexibility index (Phi) is 4.60. The number of ether oxygens (including phenoxy) is 1. The molecular weight excluding hydrogens is 264 g/mol. The van der Waals surface area contributed by atoms with Crippen molar-refractivity contribution in [1.29, 1.82) is 0 Å². The van der Waals surface area contributed by atoms with Crippen molar-refractivity contribution in [1.82, 2.24) is 9.88 Å². The number of rotatable bonds is 4. The summed E-state index contributed by atoms with van der Waals surface area (Å²) in [5, 5.41) is 3.61. The summed E-state index contributed by atoms with van der Waals surface area (Å²) in [6, 6.07) is 5.45. The molecule has 3 rings (SSSR count). The highest BCUT2D eigenvalue weighted by atomic mass is 16.5. The molecule has 3 heterocycles. The normalized spacial score (nSPS) is 23.8. The van der Waals surface area contributed by atoms with Crippen LogP contribution in [0, 0.1) is 0 Å². The molecule has 2 fully saturated rings. The minimum Gasteiger partial charge on any atom is -0.380 e. The number of anilines is 2. The predicted molar refractivity (Wildman–Crippen MR) is 86.0 cm³/mol. The van der Waals surface area contributed by atoms with E-state index in [1.807, 2.05) is 6.20 Å². The Morgan fingerprint density at radius 2 is 2.05 bits per heavy atom. The van der Waals surface area contributed by atoms with Gasteiger partial charge in [-0.1, -0.05) is 0 Å². The fourth-order valence-corrected chi connectivity index (χ4v) is 3.06. The molecule has 116 valence electrons. The van der Waals surface area contributed by atoms with E-state index in [1.165, 1.54) is 13.0 Å². The van der Waals surface area contributed by atoms with E-state index in [-0.39, 0.29) is 0 Å². The SMILES string of the molecule is CC(C)N1CCC(Nc2ccc(N3CCOCC3)nc2)C1.